The monoisotopic (exact) mass is 390 g/mol. The van der Waals surface area contributed by atoms with Gasteiger partial charge in [-0.1, -0.05) is 54.6 Å². The minimum Gasteiger partial charge on any atom is -0.458 e. The second-order valence-corrected chi connectivity index (χ2v) is 6.53. The molecule has 4 rings (SSSR count). The molecule has 0 bridgehead atoms. The van der Waals surface area contributed by atoms with Crippen LogP contribution in [-0.2, 0) is 9.53 Å². The van der Waals surface area contributed by atoms with Crippen LogP contribution in [0.1, 0.15) is 28.7 Å². The average Bonchev–Trinajstić information content (AvgIpc) is 3.06. The lowest BCUT2D eigenvalue weighted by atomic mass is 9.86. The lowest BCUT2D eigenvalue weighted by Crippen LogP contribution is -2.16. The minimum atomic E-state index is -1.10. The zero-order chi connectivity index (χ0) is 20.5. The van der Waals surface area contributed by atoms with Gasteiger partial charge in [0, 0.05) is 6.07 Å². The van der Waals surface area contributed by atoms with Gasteiger partial charge < -0.3 is 4.74 Å². The van der Waals surface area contributed by atoms with Gasteiger partial charge in [-0.15, -0.1) is 0 Å². The van der Waals surface area contributed by atoms with Crippen molar-refractivity contribution in [1.82, 2.24) is 0 Å². The van der Waals surface area contributed by atoms with Crippen molar-refractivity contribution in [2.45, 2.75) is 12.0 Å². The highest BCUT2D eigenvalue weighted by molar-refractivity contribution is 5.79. The predicted molar refractivity (Wildman–Crippen MR) is 103 cm³/mol. The number of carbonyl (C=O) groups is 1. The van der Waals surface area contributed by atoms with E-state index in [1.807, 2.05) is 48.5 Å². The Hall–Kier alpha value is -4.07. The van der Waals surface area contributed by atoms with Gasteiger partial charge in [-0.3, -0.25) is 25.0 Å². The quantitative estimate of drug-likeness (QED) is 0.347. The molecule has 0 heterocycles. The smallest absolute Gasteiger partial charge is 0.352 e. The molecular weight excluding hydrogens is 376 g/mol. The summed E-state index contributed by atoms with van der Waals surface area (Å²) in [7, 11) is 0. The number of rotatable bonds is 6. The van der Waals surface area contributed by atoms with Crippen molar-refractivity contribution in [2.24, 2.45) is 0 Å². The van der Waals surface area contributed by atoms with Gasteiger partial charge in [0.25, 0.3) is 6.47 Å². The van der Waals surface area contributed by atoms with Crippen LogP contribution in [0.25, 0.3) is 11.1 Å². The van der Waals surface area contributed by atoms with Crippen molar-refractivity contribution in [3.63, 3.8) is 0 Å². The number of ether oxygens (including phenoxy) is 1. The van der Waals surface area contributed by atoms with Crippen LogP contribution in [0.2, 0.25) is 0 Å². The van der Waals surface area contributed by atoms with Gasteiger partial charge in [0.1, 0.15) is 6.10 Å². The largest absolute Gasteiger partial charge is 0.458 e. The second-order valence-electron chi connectivity index (χ2n) is 6.53. The Morgan fingerprint density at radius 1 is 0.828 bits per heavy atom. The molecule has 8 nitrogen and oxygen atoms in total. The van der Waals surface area contributed by atoms with Crippen molar-refractivity contribution in [3.8, 4) is 11.1 Å². The molecule has 8 heteroatoms. The highest BCUT2D eigenvalue weighted by Crippen LogP contribution is 2.52. The molecule has 0 aliphatic heterocycles. The van der Waals surface area contributed by atoms with Crippen molar-refractivity contribution < 1.29 is 19.4 Å². The first-order chi connectivity index (χ1) is 14.0. The summed E-state index contributed by atoms with van der Waals surface area (Å²) in [5.74, 6) is -0.534. The number of nitro benzene ring substituents is 2. The summed E-state index contributed by atoms with van der Waals surface area (Å²) in [5.41, 5.74) is 2.19. The second kappa shape index (κ2) is 7.16. The van der Waals surface area contributed by atoms with E-state index in [0.29, 0.717) is 0 Å². The van der Waals surface area contributed by atoms with Crippen LogP contribution in [0.5, 0.6) is 0 Å². The molecule has 1 aliphatic rings. The van der Waals surface area contributed by atoms with Crippen LogP contribution in [-0.4, -0.2) is 16.3 Å². The number of hydrogen-bond acceptors (Lipinski definition) is 6. The summed E-state index contributed by atoms with van der Waals surface area (Å²) in [4.78, 5) is 32.8. The lowest BCUT2D eigenvalue weighted by Gasteiger charge is -2.24. The first-order valence-corrected chi connectivity index (χ1v) is 8.73. The molecule has 0 radical (unpaired) electrons. The number of carbonyl (C=O) groups excluding carboxylic acids is 1. The molecule has 0 fully saturated rings. The molecule has 0 amide bonds. The summed E-state index contributed by atoms with van der Waals surface area (Å²) in [6.45, 7) is 0.219. The van der Waals surface area contributed by atoms with Crippen molar-refractivity contribution in [3.05, 3.63) is 104 Å². The fraction of sp³-hybridized carbons (Fsp3) is 0.0952. The number of benzene rings is 3. The van der Waals surface area contributed by atoms with E-state index in [1.165, 1.54) is 12.1 Å². The molecular formula is C21H14N2O6. The van der Waals surface area contributed by atoms with Crippen LogP contribution in [0.3, 0.4) is 0 Å². The Balaban J connectivity index is 1.98. The summed E-state index contributed by atoms with van der Waals surface area (Å²) < 4.78 is 5.34. The molecule has 1 aliphatic carbocycles. The molecule has 0 saturated carbocycles. The lowest BCUT2D eigenvalue weighted by molar-refractivity contribution is -0.423. The number of hydrogen-bond donors (Lipinski definition) is 0. The Morgan fingerprint density at radius 2 is 1.41 bits per heavy atom. The van der Waals surface area contributed by atoms with E-state index in [1.54, 1.807) is 0 Å². The van der Waals surface area contributed by atoms with Gasteiger partial charge in [-0.2, -0.15) is 0 Å². The van der Waals surface area contributed by atoms with Crippen LogP contribution >= 0.6 is 0 Å². The molecule has 0 saturated heterocycles. The minimum absolute atomic E-state index is 0.0205. The van der Waals surface area contributed by atoms with E-state index in [4.69, 9.17) is 4.74 Å². The summed E-state index contributed by atoms with van der Waals surface area (Å²) in [5, 5.41) is 23.1. The number of fused-ring (bicyclic) bond motifs is 3. The average molecular weight is 390 g/mol. The molecule has 29 heavy (non-hydrogen) atoms. The van der Waals surface area contributed by atoms with Crippen molar-refractivity contribution >= 4 is 17.8 Å². The molecule has 3 aromatic carbocycles. The molecule has 0 spiro atoms. The van der Waals surface area contributed by atoms with Crippen molar-refractivity contribution in [2.75, 3.05) is 0 Å². The maximum Gasteiger partial charge on any atom is 0.352 e. The highest BCUT2D eigenvalue weighted by atomic mass is 16.6. The maximum atomic E-state index is 11.7. The fourth-order valence-corrected chi connectivity index (χ4v) is 4.04. The van der Waals surface area contributed by atoms with E-state index in [0.717, 1.165) is 28.3 Å². The maximum absolute atomic E-state index is 11.7. The third-order valence-corrected chi connectivity index (χ3v) is 5.12. The fourth-order valence-electron chi connectivity index (χ4n) is 4.04. The van der Waals surface area contributed by atoms with E-state index in [2.05, 4.69) is 0 Å². The molecule has 3 aromatic rings. The topological polar surface area (TPSA) is 113 Å². The number of nitro groups is 2. The first kappa shape index (κ1) is 18.3. The van der Waals surface area contributed by atoms with Crippen LogP contribution in [0, 0.1) is 20.2 Å². The first-order valence-electron chi connectivity index (χ1n) is 8.73. The van der Waals surface area contributed by atoms with Gasteiger partial charge in [-0.25, -0.2) is 0 Å². The van der Waals surface area contributed by atoms with E-state index in [-0.39, 0.29) is 12.0 Å². The highest BCUT2D eigenvalue weighted by Gasteiger charge is 2.41. The van der Waals surface area contributed by atoms with Crippen LogP contribution < -0.4 is 0 Å². The summed E-state index contributed by atoms with van der Waals surface area (Å²) >= 11 is 0. The van der Waals surface area contributed by atoms with Gasteiger partial charge >= 0.3 is 11.4 Å². The van der Waals surface area contributed by atoms with Gasteiger partial charge in [0.2, 0.25) is 0 Å². The third kappa shape index (κ3) is 2.91. The normalized spacial score (nSPS) is 13.2. The zero-order valence-corrected chi connectivity index (χ0v) is 14.9. The molecule has 1 atom stereocenters. The summed E-state index contributed by atoms with van der Waals surface area (Å²) in [6, 6.07) is 18.8. The predicted octanol–water partition coefficient (Wildman–Crippen LogP) is 4.53. The standard InChI is InChI=1S/C21H14N2O6/c24-12-29-21(17-10-5-11-18(22(25)26)20(17)23(27)28)19-15-8-3-1-6-13(15)14-7-2-4-9-16(14)19/h1-12,19,21H. The molecule has 144 valence electrons. The van der Waals surface area contributed by atoms with Crippen LogP contribution in [0.4, 0.5) is 11.4 Å². The Bertz CT molecular complexity index is 1100. The molecule has 0 aromatic heterocycles. The van der Waals surface area contributed by atoms with E-state index >= 15 is 0 Å². The molecule has 1 unspecified atom stereocenters. The van der Waals surface area contributed by atoms with E-state index in [9.17, 15) is 25.0 Å². The Labute approximate surface area is 164 Å². The van der Waals surface area contributed by atoms with Crippen LogP contribution in [0.15, 0.2) is 66.7 Å². The van der Waals surface area contributed by atoms with Gasteiger partial charge in [-0.05, 0) is 28.3 Å². The molecule has 0 N–H and O–H groups in total. The van der Waals surface area contributed by atoms with Gasteiger partial charge in [0.15, 0.2) is 0 Å². The van der Waals surface area contributed by atoms with E-state index < -0.39 is 33.2 Å². The summed E-state index contributed by atoms with van der Waals surface area (Å²) in [6.07, 6.45) is -1.10. The third-order valence-electron chi connectivity index (χ3n) is 5.12. The van der Waals surface area contributed by atoms with Gasteiger partial charge in [0.05, 0.1) is 21.3 Å². The number of nitrogens with zero attached hydrogens (tertiary/aromatic N) is 2. The zero-order valence-electron chi connectivity index (χ0n) is 14.9. The Kier molecular flexibility index (Phi) is 4.52. The SMILES string of the molecule is O=COC(c1cccc([N+](=O)[O-])c1[N+](=O)[O-])C1c2ccccc2-c2ccccc21. The number of para-hydroxylation sites is 1. The Morgan fingerprint density at radius 3 is 1.93 bits per heavy atom. The van der Waals surface area contributed by atoms with Crippen molar-refractivity contribution in [1.29, 1.82) is 0 Å².